The predicted molar refractivity (Wildman–Crippen MR) is 247 cm³/mol. The molecule has 17 heteroatoms. The highest BCUT2D eigenvalue weighted by Gasteiger charge is 2.22. The topological polar surface area (TPSA) is 204 Å². The molecule has 6 N–H and O–H groups in total. The summed E-state index contributed by atoms with van der Waals surface area (Å²) in [6, 6.07) is 20.3. The summed E-state index contributed by atoms with van der Waals surface area (Å²) < 4.78 is 19.6. The number of ether oxygens (including phenoxy) is 3. The summed E-state index contributed by atoms with van der Waals surface area (Å²) in [7, 11) is 6.29. The largest absolute Gasteiger partial charge is 0.497 e. The van der Waals surface area contributed by atoms with Gasteiger partial charge in [-0.05, 0) is 93.8 Å². The Kier molecular flexibility index (Phi) is 15.0. The quantitative estimate of drug-likeness (QED) is 0.116. The van der Waals surface area contributed by atoms with E-state index < -0.39 is 0 Å². The molecule has 0 spiro atoms. The van der Waals surface area contributed by atoms with Crippen molar-refractivity contribution in [1.29, 1.82) is 0 Å². The molecule has 3 aromatic carbocycles. The summed E-state index contributed by atoms with van der Waals surface area (Å²) in [5.41, 5.74) is 9.55. The van der Waals surface area contributed by atoms with Gasteiger partial charge in [-0.15, -0.1) is 0 Å². The van der Waals surface area contributed by atoms with Crippen molar-refractivity contribution >= 4 is 45.2 Å². The van der Waals surface area contributed by atoms with E-state index in [0.717, 1.165) is 87.0 Å². The van der Waals surface area contributed by atoms with E-state index in [-0.39, 0.29) is 41.5 Å². The molecule has 3 aliphatic rings. The molecule has 3 aliphatic heterocycles. The van der Waals surface area contributed by atoms with Crippen molar-refractivity contribution in [3.05, 3.63) is 104 Å². The summed E-state index contributed by atoms with van der Waals surface area (Å²) in [5, 5.41) is 13.2. The second-order valence-electron chi connectivity index (χ2n) is 16.4. The van der Waals surface area contributed by atoms with Crippen molar-refractivity contribution in [2.24, 2.45) is 5.73 Å². The molecule has 0 unspecified atom stereocenters. The Balaban J connectivity index is 0.000000206. The molecule has 64 heavy (non-hydrogen) atoms. The summed E-state index contributed by atoms with van der Waals surface area (Å²) in [6.45, 7) is 7.14. The molecule has 5 heterocycles. The molecule has 2 saturated heterocycles. The fraction of sp³-hybridized carbons (Fsp3) is 0.426. The van der Waals surface area contributed by atoms with Crippen molar-refractivity contribution < 1.29 is 28.6 Å². The second kappa shape index (κ2) is 20.9. The number of rotatable bonds is 13. The van der Waals surface area contributed by atoms with Gasteiger partial charge < -0.3 is 60.1 Å². The number of methoxy groups -OCH3 is 2. The predicted octanol–water partition coefficient (Wildman–Crippen LogP) is 2.75. The molecule has 3 amide bonds. The lowest BCUT2D eigenvalue weighted by atomic mass is 10.0. The molecule has 8 rings (SSSR count). The van der Waals surface area contributed by atoms with E-state index >= 15 is 0 Å². The van der Waals surface area contributed by atoms with Crippen molar-refractivity contribution in [2.45, 2.75) is 57.4 Å². The summed E-state index contributed by atoms with van der Waals surface area (Å²) >= 11 is 0. The number of carbonyl (C=O) groups is 3. The average Bonchev–Trinajstić information content (AvgIpc) is 3.32. The van der Waals surface area contributed by atoms with Gasteiger partial charge >= 0.3 is 0 Å². The SMILES string of the molecule is CNC(=O)c1cc(=O)n(CCN2CCC(N)CC2)c2cc(OC)ccc12.CNC(=O)c1cc(=O)n(CCN2CCC(NCc3ccc4c(c3)NC(=O)CO4)CC2)c2cc(OC)ccc12. The normalized spacial score (nSPS) is 16.0. The van der Waals surface area contributed by atoms with E-state index in [1.54, 1.807) is 49.6 Å². The molecular formula is C47H59N9O8. The van der Waals surface area contributed by atoms with Crippen LogP contribution in [0.25, 0.3) is 21.8 Å². The van der Waals surface area contributed by atoms with Crippen molar-refractivity contribution in [3.63, 3.8) is 0 Å². The molecule has 0 atom stereocenters. The minimum absolute atomic E-state index is 0.0591. The van der Waals surface area contributed by atoms with Gasteiger partial charge in [-0.25, -0.2) is 0 Å². The van der Waals surface area contributed by atoms with Crippen molar-refractivity contribution in [1.82, 2.24) is 34.9 Å². The highest BCUT2D eigenvalue weighted by Crippen LogP contribution is 2.29. The van der Waals surface area contributed by atoms with Gasteiger partial charge in [-0.1, -0.05) is 6.07 Å². The molecule has 0 saturated carbocycles. The maximum Gasteiger partial charge on any atom is 0.262 e. The maximum absolute atomic E-state index is 13.0. The fourth-order valence-corrected chi connectivity index (χ4v) is 8.60. The lowest BCUT2D eigenvalue weighted by Crippen LogP contribution is -2.43. The second-order valence-corrected chi connectivity index (χ2v) is 16.4. The lowest BCUT2D eigenvalue weighted by Gasteiger charge is -2.32. The van der Waals surface area contributed by atoms with Crippen LogP contribution in [0.3, 0.4) is 0 Å². The van der Waals surface area contributed by atoms with Gasteiger partial charge in [0, 0.05) is 93.9 Å². The zero-order chi connectivity index (χ0) is 45.3. The fourth-order valence-electron chi connectivity index (χ4n) is 8.60. The van der Waals surface area contributed by atoms with Crippen LogP contribution in [0.2, 0.25) is 0 Å². The van der Waals surface area contributed by atoms with Crippen LogP contribution in [-0.2, 0) is 24.4 Å². The van der Waals surface area contributed by atoms with Crippen LogP contribution in [0, 0.1) is 0 Å². The number of anilines is 1. The van der Waals surface area contributed by atoms with Gasteiger partial charge in [0.2, 0.25) is 0 Å². The molecule has 2 aromatic heterocycles. The first-order valence-corrected chi connectivity index (χ1v) is 21.8. The van der Waals surface area contributed by atoms with Crippen LogP contribution in [0.1, 0.15) is 52.0 Å². The van der Waals surface area contributed by atoms with Gasteiger partial charge in [0.05, 0.1) is 42.1 Å². The first kappa shape index (κ1) is 45.7. The Labute approximate surface area is 371 Å². The van der Waals surface area contributed by atoms with E-state index in [9.17, 15) is 24.0 Å². The van der Waals surface area contributed by atoms with E-state index in [1.807, 2.05) is 42.5 Å². The zero-order valence-electron chi connectivity index (χ0n) is 37.0. The number of aromatic nitrogens is 2. The zero-order valence-corrected chi connectivity index (χ0v) is 37.0. The number of hydrogen-bond acceptors (Lipinski definition) is 12. The van der Waals surface area contributed by atoms with Crippen LogP contribution < -0.4 is 52.3 Å². The number of nitrogens with one attached hydrogen (secondary N) is 4. The third-order valence-electron chi connectivity index (χ3n) is 12.4. The van der Waals surface area contributed by atoms with Crippen molar-refractivity contribution in [3.8, 4) is 17.2 Å². The highest BCUT2D eigenvalue weighted by atomic mass is 16.5. The highest BCUT2D eigenvalue weighted by molar-refractivity contribution is 6.07. The Hall–Kier alpha value is -6.27. The van der Waals surface area contributed by atoms with E-state index in [1.165, 1.54) is 12.1 Å². The van der Waals surface area contributed by atoms with Crippen LogP contribution >= 0.6 is 0 Å². The molecule has 17 nitrogen and oxygen atoms in total. The number of carbonyl (C=O) groups excluding carboxylic acids is 3. The third-order valence-corrected chi connectivity index (χ3v) is 12.4. The molecule has 340 valence electrons. The van der Waals surface area contributed by atoms with Gasteiger partial charge in [0.1, 0.15) is 17.2 Å². The van der Waals surface area contributed by atoms with Crippen molar-refractivity contribution in [2.75, 3.05) is 79.5 Å². The molecule has 0 bridgehead atoms. The molecule has 2 fully saturated rings. The minimum atomic E-state index is -0.285. The number of likely N-dealkylation sites (tertiary alicyclic amines) is 2. The molecule has 0 radical (unpaired) electrons. The Morgan fingerprint density at radius 2 is 1.22 bits per heavy atom. The number of benzene rings is 3. The van der Waals surface area contributed by atoms with Gasteiger partial charge in [-0.2, -0.15) is 0 Å². The number of pyridine rings is 2. The standard InChI is InChI=1S/C28H33N5O5.C19H26N4O3/c1-29-28(36)22-15-27(35)33(24-14-20(37-2)4-5-21(22)24)12-11-32-9-7-19(8-10-32)30-16-18-3-6-25-23(13-18)31-26(34)17-38-25;1-21-19(25)16-12-18(24)23(10-9-22-7-5-13(20)6-8-22)17-11-14(26-2)3-4-15(16)17/h3-6,13-15,19,30H,7-12,16-17H2,1-2H3,(H,29,36)(H,31,34);3-4,11-13H,5-10,20H2,1-2H3,(H,21,25). The van der Waals surface area contributed by atoms with Crippen LogP contribution in [-0.4, -0.2) is 123 Å². The number of nitrogens with two attached hydrogens (primary N) is 1. The summed E-state index contributed by atoms with van der Waals surface area (Å²) in [5.74, 6) is 1.31. The number of fused-ring (bicyclic) bond motifs is 3. The number of amides is 3. The Bertz CT molecular complexity index is 2610. The summed E-state index contributed by atoms with van der Waals surface area (Å²) in [6.07, 6.45) is 3.98. The minimum Gasteiger partial charge on any atom is -0.497 e. The Morgan fingerprint density at radius 1 is 0.703 bits per heavy atom. The smallest absolute Gasteiger partial charge is 0.262 e. The van der Waals surface area contributed by atoms with E-state index in [0.29, 0.717) is 65.1 Å². The number of hydrogen-bond donors (Lipinski definition) is 5. The first-order chi connectivity index (χ1) is 31.0. The number of nitrogens with zero attached hydrogens (tertiary/aromatic N) is 4. The Morgan fingerprint density at radius 3 is 1.72 bits per heavy atom. The monoisotopic (exact) mass is 877 g/mol. The van der Waals surface area contributed by atoms with E-state index in [4.69, 9.17) is 19.9 Å². The van der Waals surface area contributed by atoms with E-state index in [2.05, 4.69) is 31.1 Å². The van der Waals surface area contributed by atoms with Crippen LogP contribution in [0.5, 0.6) is 17.2 Å². The first-order valence-electron chi connectivity index (χ1n) is 21.8. The van der Waals surface area contributed by atoms with Gasteiger partial charge in [0.15, 0.2) is 6.61 Å². The number of piperidine rings is 2. The maximum atomic E-state index is 13.0. The van der Waals surface area contributed by atoms with Gasteiger partial charge in [0.25, 0.3) is 28.8 Å². The molecular weight excluding hydrogens is 819 g/mol. The lowest BCUT2D eigenvalue weighted by molar-refractivity contribution is -0.118. The summed E-state index contributed by atoms with van der Waals surface area (Å²) in [4.78, 5) is 66.5. The molecule has 0 aliphatic carbocycles. The third kappa shape index (κ3) is 10.7. The van der Waals surface area contributed by atoms with Gasteiger partial charge in [-0.3, -0.25) is 24.0 Å². The molecule has 5 aromatic rings. The average molecular weight is 878 g/mol. The van der Waals surface area contributed by atoms with Crippen LogP contribution in [0.4, 0.5) is 5.69 Å². The van der Waals surface area contributed by atoms with Crippen LogP contribution in [0.15, 0.2) is 76.3 Å².